The van der Waals surface area contributed by atoms with Gasteiger partial charge in [-0.1, -0.05) is 25.1 Å². The van der Waals surface area contributed by atoms with E-state index in [1.807, 2.05) is 25.1 Å². The largest absolute Gasteiger partial charge is 0.323 e. The van der Waals surface area contributed by atoms with Crippen LogP contribution >= 0.6 is 0 Å². The van der Waals surface area contributed by atoms with E-state index in [0.717, 1.165) is 23.2 Å². The highest BCUT2D eigenvalue weighted by Gasteiger charge is 2.13. The number of hydrogen-bond donors (Lipinski definition) is 3. The number of hydrogen-bond acceptors (Lipinski definition) is 4. The van der Waals surface area contributed by atoms with Crippen molar-refractivity contribution in [3.63, 3.8) is 0 Å². The molecular formula is C15H18N4O. The molecule has 20 heavy (non-hydrogen) atoms. The van der Waals surface area contributed by atoms with Gasteiger partial charge in [-0.2, -0.15) is 0 Å². The number of carbonyl (C=O) groups excluding carboxylic acids is 1. The molecule has 0 aliphatic rings. The van der Waals surface area contributed by atoms with Gasteiger partial charge in [-0.3, -0.25) is 15.6 Å². The number of nitrogens with one attached hydrogen (secondary N) is 2. The van der Waals surface area contributed by atoms with Crippen LogP contribution in [0.4, 0.5) is 11.4 Å². The molecule has 0 radical (unpaired) electrons. The van der Waals surface area contributed by atoms with E-state index in [0.29, 0.717) is 11.3 Å². The number of anilines is 2. The number of benzene rings is 1. The average Bonchev–Trinajstić information content (AvgIpc) is 2.49. The lowest BCUT2D eigenvalue weighted by Crippen LogP contribution is -2.18. The molecule has 0 aliphatic carbocycles. The molecule has 0 fully saturated rings. The fraction of sp³-hybridized carbons (Fsp3) is 0.200. The molecule has 1 aromatic carbocycles. The third-order valence-corrected chi connectivity index (χ3v) is 3.20. The molecule has 1 heterocycles. The summed E-state index contributed by atoms with van der Waals surface area (Å²) in [5.74, 6) is 5.18. The second-order valence-corrected chi connectivity index (χ2v) is 4.48. The maximum Gasteiger partial charge on any atom is 0.259 e. The van der Waals surface area contributed by atoms with Gasteiger partial charge in [0.1, 0.15) is 0 Å². The molecule has 5 heteroatoms. The topological polar surface area (TPSA) is 80.0 Å². The van der Waals surface area contributed by atoms with Gasteiger partial charge in [0, 0.05) is 18.1 Å². The van der Waals surface area contributed by atoms with E-state index < -0.39 is 0 Å². The number of pyridine rings is 1. The van der Waals surface area contributed by atoms with Gasteiger partial charge in [-0.15, -0.1) is 0 Å². The van der Waals surface area contributed by atoms with Crippen LogP contribution in [-0.2, 0) is 6.42 Å². The molecule has 4 N–H and O–H groups in total. The van der Waals surface area contributed by atoms with Gasteiger partial charge in [0.25, 0.3) is 5.91 Å². The predicted octanol–water partition coefficient (Wildman–Crippen LogP) is 2.49. The summed E-state index contributed by atoms with van der Waals surface area (Å²) in [6.45, 7) is 4.03. The Morgan fingerprint density at radius 2 is 2.15 bits per heavy atom. The first-order valence-corrected chi connectivity index (χ1v) is 6.47. The van der Waals surface area contributed by atoms with Gasteiger partial charge >= 0.3 is 0 Å². The van der Waals surface area contributed by atoms with Crippen LogP contribution in [0.15, 0.2) is 36.7 Å². The number of para-hydroxylation sites is 1. The normalized spacial score (nSPS) is 10.2. The van der Waals surface area contributed by atoms with E-state index in [2.05, 4.69) is 22.7 Å². The summed E-state index contributed by atoms with van der Waals surface area (Å²) in [7, 11) is 0. The van der Waals surface area contributed by atoms with Crippen molar-refractivity contribution in [2.45, 2.75) is 20.3 Å². The summed E-state index contributed by atoms with van der Waals surface area (Å²) in [5, 5.41) is 2.95. The van der Waals surface area contributed by atoms with Crippen LogP contribution in [0.2, 0.25) is 0 Å². The lowest BCUT2D eigenvalue weighted by molar-refractivity contribution is 0.102. The molecule has 0 spiro atoms. The van der Waals surface area contributed by atoms with Crippen LogP contribution in [0.1, 0.15) is 28.4 Å². The van der Waals surface area contributed by atoms with E-state index >= 15 is 0 Å². The van der Waals surface area contributed by atoms with Gasteiger partial charge in [0.05, 0.1) is 11.3 Å². The highest BCUT2D eigenvalue weighted by Crippen LogP contribution is 2.23. The van der Waals surface area contributed by atoms with Gasteiger partial charge in [-0.05, 0) is 30.5 Å². The van der Waals surface area contributed by atoms with Crippen molar-refractivity contribution in [3.8, 4) is 0 Å². The van der Waals surface area contributed by atoms with Crippen LogP contribution in [0.5, 0.6) is 0 Å². The first-order chi connectivity index (χ1) is 9.67. The van der Waals surface area contributed by atoms with E-state index in [9.17, 15) is 4.79 Å². The zero-order chi connectivity index (χ0) is 14.5. The second-order valence-electron chi connectivity index (χ2n) is 4.48. The van der Waals surface area contributed by atoms with Crippen LogP contribution in [-0.4, -0.2) is 10.9 Å². The number of nitrogen functional groups attached to an aromatic ring is 1. The molecular weight excluding hydrogens is 252 g/mol. The lowest BCUT2D eigenvalue weighted by Gasteiger charge is -2.14. The Morgan fingerprint density at radius 3 is 2.85 bits per heavy atom. The standard InChI is InChI=1S/C15H18N4O/c1-3-11-6-4-5-10(2)14(11)18-15(20)12-9-17-8-7-13(12)19-16/h4-9H,3,16H2,1-2H3,(H,17,19)(H,18,20). The van der Waals surface area contributed by atoms with Crippen molar-refractivity contribution < 1.29 is 4.79 Å². The van der Waals surface area contributed by atoms with Gasteiger partial charge < -0.3 is 10.7 Å². The molecule has 1 aromatic heterocycles. The fourth-order valence-electron chi connectivity index (χ4n) is 2.08. The molecule has 2 aromatic rings. The molecule has 0 aliphatic heterocycles. The molecule has 5 nitrogen and oxygen atoms in total. The van der Waals surface area contributed by atoms with Crippen molar-refractivity contribution in [2.24, 2.45) is 5.84 Å². The number of aromatic nitrogens is 1. The Kier molecular flexibility index (Phi) is 4.32. The number of nitrogens with zero attached hydrogens (tertiary/aromatic N) is 1. The van der Waals surface area contributed by atoms with Crippen LogP contribution in [0.3, 0.4) is 0 Å². The molecule has 0 atom stereocenters. The second kappa shape index (κ2) is 6.16. The Labute approximate surface area is 118 Å². The highest BCUT2D eigenvalue weighted by atomic mass is 16.1. The first-order valence-electron chi connectivity index (χ1n) is 6.47. The minimum atomic E-state index is -0.227. The van der Waals surface area contributed by atoms with Gasteiger partial charge in [0.15, 0.2) is 0 Å². The monoisotopic (exact) mass is 270 g/mol. The number of amides is 1. The van der Waals surface area contributed by atoms with E-state index in [-0.39, 0.29) is 5.91 Å². The Hall–Kier alpha value is -2.40. The van der Waals surface area contributed by atoms with E-state index in [1.54, 1.807) is 12.3 Å². The Balaban J connectivity index is 2.33. The third kappa shape index (κ3) is 2.78. The number of carbonyl (C=O) groups is 1. The number of rotatable bonds is 4. The highest BCUT2D eigenvalue weighted by molar-refractivity contribution is 6.08. The molecule has 2 rings (SSSR count). The van der Waals surface area contributed by atoms with Gasteiger partial charge in [0.2, 0.25) is 0 Å². The number of nitrogens with two attached hydrogens (primary N) is 1. The third-order valence-electron chi connectivity index (χ3n) is 3.20. The first kappa shape index (κ1) is 14.0. The van der Waals surface area contributed by atoms with Crippen LogP contribution < -0.4 is 16.6 Å². The van der Waals surface area contributed by atoms with E-state index in [1.165, 1.54) is 6.20 Å². The van der Waals surface area contributed by atoms with Crippen molar-refractivity contribution in [2.75, 3.05) is 10.7 Å². The minimum Gasteiger partial charge on any atom is -0.323 e. The molecule has 0 bridgehead atoms. The maximum absolute atomic E-state index is 12.4. The summed E-state index contributed by atoms with van der Waals surface area (Å²) in [6.07, 6.45) is 3.93. The van der Waals surface area contributed by atoms with Crippen LogP contribution in [0.25, 0.3) is 0 Å². The smallest absolute Gasteiger partial charge is 0.259 e. The zero-order valence-electron chi connectivity index (χ0n) is 11.6. The molecule has 0 saturated heterocycles. The lowest BCUT2D eigenvalue weighted by atomic mass is 10.1. The molecule has 0 saturated carbocycles. The number of hydrazine groups is 1. The minimum absolute atomic E-state index is 0.227. The number of aryl methyl sites for hydroxylation is 2. The maximum atomic E-state index is 12.4. The Bertz CT molecular complexity index is 625. The fourth-order valence-corrected chi connectivity index (χ4v) is 2.08. The molecule has 0 unspecified atom stereocenters. The van der Waals surface area contributed by atoms with Crippen LogP contribution in [0, 0.1) is 6.92 Å². The van der Waals surface area contributed by atoms with Crippen molar-refractivity contribution in [1.82, 2.24) is 4.98 Å². The zero-order valence-corrected chi connectivity index (χ0v) is 11.6. The molecule has 1 amide bonds. The summed E-state index contributed by atoms with van der Waals surface area (Å²) in [4.78, 5) is 16.3. The summed E-state index contributed by atoms with van der Waals surface area (Å²) >= 11 is 0. The quantitative estimate of drug-likeness (QED) is 0.589. The summed E-state index contributed by atoms with van der Waals surface area (Å²) in [6, 6.07) is 7.63. The predicted molar refractivity (Wildman–Crippen MR) is 80.6 cm³/mol. The molecule has 104 valence electrons. The van der Waals surface area contributed by atoms with Crippen molar-refractivity contribution in [1.29, 1.82) is 0 Å². The van der Waals surface area contributed by atoms with E-state index in [4.69, 9.17) is 5.84 Å². The Morgan fingerprint density at radius 1 is 1.35 bits per heavy atom. The summed E-state index contributed by atoms with van der Waals surface area (Å²) in [5.41, 5.74) is 6.45. The van der Waals surface area contributed by atoms with Crippen molar-refractivity contribution in [3.05, 3.63) is 53.3 Å². The average molecular weight is 270 g/mol. The summed E-state index contributed by atoms with van der Waals surface area (Å²) < 4.78 is 0. The van der Waals surface area contributed by atoms with Crippen molar-refractivity contribution >= 4 is 17.3 Å². The SMILES string of the molecule is CCc1cccc(C)c1NC(=O)c1cnccc1NN. The van der Waals surface area contributed by atoms with Gasteiger partial charge in [-0.25, -0.2) is 0 Å².